The van der Waals surface area contributed by atoms with Gasteiger partial charge in [0.25, 0.3) is 0 Å². The quantitative estimate of drug-likeness (QED) is 0.851. The number of halogens is 1. The molecule has 0 bridgehead atoms. The van der Waals surface area contributed by atoms with Gasteiger partial charge in [-0.25, -0.2) is 0 Å². The van der Waals surface area contributed by atoms with Crippen molar-refractivity contribution in [2.24, 2.45) is 7.05 Å². The highest BCUT2D eigenvalue weighted by Crippen LogP contribution is 2.26. The Balaban J connectivity index is 2.28. The normalized spacial score (nSPS) is 12.6. The van der Waals surface area contributed by atoms with Crippen LogP contribution in [0.25, 0.3) is 0 Å². The molecule has 1 unspecified atom stereocenters. The van der Waals surface area contributed by atoms with Crippen molar-refractivity contribution in [2.75, 3.05) is 6.54 Å². The zero-order valence-electron chi connectivity index (χ0n) is 13.3. The first kappa shape index (κ1) is 16.2. The summed E-state index contributed by atoms with van der Waals surface area (Å²) in [4.78, 5) is 0. The first-order valence-electron chi connectivity index (χ1n) is 7.49. The van der Waals surface area contributed by atoms with E-state index in [1.165, 1.54) is 22.4 Å². The fraction of sp³-hybridized carbons (Fsp3) is 0.471. The molecule has 3 nitrogen and oxygen atoms in total. The van der Waals surface area contributed by atoms with Crippen LogP contribution < -0.4 is 5.32 Å². The number of nitrogens with one attached hydrogen (secondary N) is 1. The van der Waals surface area contributed by atoms with Crippen LogP contribution in [0.3, 0.4) is 0 Å². The van der Waals surface area contributed by atoms with Crippen molar-refractivity contribution in [3.05, 3.63) is 51.3 Å². The molecule has 0 spiro atoms. The van der Waals surface area contributed by atoms with Gasteiger partial charge in [0.15, 0.2) is 0 Å². The third-order valence-electron chi connectivity index (χ3n) is 3.63. The summed E-state index contributed by atoms with van der Waals surface area (Å²) in [6.45, 7) is 7.52. The van der Waals surface area contributed by atoms with Crippen molar-refractivity contribution >= 4 is 15.9 Å². The molecule has 1 atom stereocenters. The molecule has 0 aliphatic carbocycles. The monoisotopic (exact) mass is 349 g/mol. The number of aromatic nitrogens is 2. The highest BCUT2D eigenvalue weighted by molar-refractivity contribution is 9.10. The van der Waals surface area contributed by atoms with Crippen molar-refractivity contribution < 1.29 is 0 Å². The standard InChI is InChI=1S/C17H24BrN3/c1-5-6-19-16(17-15(18)11-20-21(17)4)10-14-8-12(2)7-13(3)9-14/h7-9,11,16,19H,5-6,10H2,1-4H3. The van der Waals surface area contributed by atoms with Gasteiger partial charge in [-0.3, -0.25) is 4.68 Å². The fourth-order valence-corrected chi connectivity index (χ4v) is 3.44. The summed E-state index contributed by atoms with van der Waals surface area (Å²) in [7, 11) is 2.00. The van der Waals surface area contributed by atoms with Gasteiger partial charge in [-0.15, -0.1) is 0 Å². The second kappa shape index (κ2) is 7.23. The van der Waals surface area contributed by atoms with Crippen molar-refractivity contribution in [1.82, 2.24) is 15.1 Å². The van der Waals surface area contributed by atoms with E-state index in [1.807, 2.05) is 17.9 Å². The SMILES string of the molecule is CCCNC(Cc1cc(C)cc(C)c1)c1c(Br)cnn1C. The Bertz CT molecular complexity index is 564. The predicted octanol–water partition coefficient (Wildman–Crippen LogP) is 4.08. The topological polar surface area (TPSA) is 29.9 Å². The Labute approximate surface area is 135 Å². The second-order valence-electron chi connectivity index (χ2n) is 5.71. The Morgan fingerprint density at radius 2 is 1.90 bits per heavy atom. The average Bonchev–Trinajstić information content (AvgIpc) is 2.73. The summed E-state index contributed by atoms with van der Waals surface area (Å²) in [5, 5.41) is 8.00. The van der Waals surface area contributed by atoms with E-state index in [0.717, 1.165) is 23.9 Å². The van der Waals surface area contributed by atoms with Gasteiger partial charge >= 0.3 is 0 Å². The van der Waals surface area contributed by atoms with Crippen LogP contribution in [-0.2, 0) is 13.5 Å². The highest BCUT2D eigenvalue weighted by atomic mass is 79.9. The van der Waals surface area contributed by atoms with Crippen LogP contribution in [0.2, 0.25) is 0 Å². The molecule has 2 rings (SSSR count). The van der Waals surface area contributed by atoms with Crippen LogP contribution in [0.1, 0.15) is 41.8 Å². The Morgan fingerprint density at radius 3 is 2.43 bits per heavy atom. The third kappa shape index (κ3) is 4.17. The van der Waals surface area contributed by atoms with Crippen LogP contribution in [0.15, 0.2) is 28.9 Å². The van der Waals surface area contributed by atoms with Gasteiger partial charge in [-0.2, -0.15) is 5.10 Å². The first-order valence-corrected chi connectivity index (χ1v) is 8.28. The Kier molecular flexibility index (Phi) is 5.59. The van der Waals surface area contributed by atoms with Gasteiger partial charge in [0.2, 0.25) is 0 Å². The van der Waals surface area contributed by atoms with Gasteiger partial charge in [0.1, 0.15) is 0 Å². The summed E-state index contributed by atoms with van der Waals surface area (Å²) in [6.07, 6.45) is 3.97. The molecule has 4 heteroatoms. The minimum absolute atomic E-state index is 0.271. The number of hydrogen-bond acceptors (Lipinski definition) is 2. The number of benzene rings is 1. The van der Waals surface area contributed by atoms with Gasteiger partial charge in [-0.1, -0.05) is 36.2 Å². The Morgan fingerprint density at radius 1 is 1.24 bits per heavy atom. The van der Waals surface area contributed by atoms with E-state index in [9.17, 15) is 0 Å². The van der Waals surface area contributed by atoms with E-state index in [-0.39, 0.29) is 6.04 Å². The lowest BCUT2D eigenvalue weighted by atomic mass is 9.99. The summed E-state index contributed by atoms with van der Waals surface area (Å²) in [5.74, 6) is 0. The fourth-order valence-electron chi connectivity index (χ4n) is 2.82. The molecule has 0 radical (unpaired) electrons. The number of hydrogen-bond donors (Lipinski definition) is 1. The van der Waals surface area contributed by atoms with E-state index in [4.69, 9.17) is 0 Å². The molecule has 0 fully saturated rings. The number of nitrogens with zero attached hydrogens (tertiary/aromatic N) is 2. The van der Waals surface area contributed by atoms with Gasteiger partial charge < -0.3 is 5.32 Å². The van der Waals surface area contributed by atoms with E-state index in [0.29, 0.717) is 0 Å². The zero-order valence-corrected chi connectivity index (χ0v) is 14.9. The molecule has 1 aromatic carbocycles. The number of aryl methyl sites for hydroxylation is 3. The molecule has 1 aromatic heterocycles. The summed E-state index contributed by atoms with van der Waals surface area (Å²) in [5.41, 5.74) is 5.23. The second-order valence-corrected chi connectivity index (χ2v) is 6.56. The van der Waals surface area contributed by atoms with Gasteiger partial charge in [0.05, 0.1) is 22.4 Å². The van der Waals surface area contributed by atoms with Gasteiger partial charge in [-0.05, 0) is 54.7 Å². The first-order chi connectivity index (χ1) is 10.0. The maximum absolute atomic E-state index is 4.35. The summed E-state index contributed by atoms with van der Waals surface area (Å²) < 4.78 is 3.03. The molecule has 0 amide bonds. The summed E-state index contributed by atoms with van der Waals surface area (Å²) in [6, 6.07) is 7.04. The molecule has 0 saturated heterocycles. The predicted molar refractivity (Wildman–Crippen MR) is 91.6 cm³/mol. The smallest absolute Gasteiger partial charge is 0.0695 e. The number of rotatable bonds is 6. The molecule has 21 heavy (non-hydrogen) atoms. The van der Waals surface area contributed by atoms with E-state index < -0.39 is 0 Å². The lowest BCUT2D eigenvalue weighted by molar-refractivity contribution is 0.491. The van der Waals surface area contributed by atoms with Crippen LogP contribution in [0.4, 0.5) is 0 Å². The van der Waals surface area contributed by atoms with Crippen molar-refractivity contribution in [3.8, 4) is 0 Å². The summed E-state index contributed by atoms with van der Waals surface area (Å²) >= 11 is 3.63. The van der Waals surface area contributed by atoms with Crippen LogP contribution in [0, 0.1) is 13.8 Å². The van der Waals surface area contributed by atoms with Crippen LogP contribution in [-0.4, -0.2) is 16.3 Å². The van der Waals surface area contributed by atoms with Crippen molar-refractivity contribution in [1.29, 1.82) is 0 Å². The van der Waals surface area contributed by atoms with E-state index in [1.54, 1.807) is 0 Å². The van der Waals surface area contributed by atoms with Gasteiger partial charge in [0, 0.05) is 7.05 Å². The molecule has 0 aliphatic rings. The van der Waals surface area contributed by atoms with E-state index in [2.05, 4.69) is 65.3 Å². The third-order valence-corrected chi connectivity index (χ3v) is 4.24. The van der Waals surface area contributed by atoms with E-state index >= 15 is 0 Å². The lowest BCUT2D eigenvalue weighted by Crippen LogP contribution is -2.26. The Hall–Kier alpha value is -1.13. The minimum atomic E-state index is 0.271. The molecule has 1 N–H and O–H groups in total. The lowest BCUT2D eigenvalue weighted by Gasteiger charge is -2.20. The minimum Gasteiger partial charge on any atom is -0.308 e. The molecule has 2 aromatic rings. The molecular weight excluding hydrogens is 326 g/mol. The molecule has 114 valence electrons. The molecule has 0 saturated carbocycles. The maximum atomic E-state index is 4.35. The zero-order chi connectivity index (χ0) is 15.4. The molecular formula is C17H24BrN3. The van der Waals surface area contributed by atoms with Crippen molar-refractivity contribution in [2.45, 2.75) is 39.7 Å². The maximum Gasteiger partial charge on any atom is 0.0695 e. The molecule has 1 heterocycles. The average molecular weight is 350 g/mol. The molecule has 0 aliphatic heterocycles. The van der Waals surface area contributed by atoms with Crippen molar-refractivity contribution in [3.63, 3.8) is 0 Å². The van der Waals surface area contributed by atoms with Crippen LogP contribution in [0.5, 0.6) is 0 Å². The highest BCUT2D eigenvalue weighted by Gasteiger charge is 2.19. The largest absolute Gasteiger partial charge is 0.308 e. The van der Waals surface area contributed by atoms with Crippen LogP contribution >= 0.6 is 15.9 Å².